The number of hydrogen-bond donors (Lipinski definition) is 3. The lowest BCUT2D eigenvalue weighted by Gasteiger charge is -2.34. The van der Waals surface area contributed by atoms with Gasteiger partial charge in [-0.05, 0) is 37.0 Å². The van der Waals surface area contributed by atoms with Crippen molar-refractivity contribution >= 4 is 0 Å². The van der Waals surface area contributed by atoms with E-state index in [1.807, 2.05) is 6.07 Å². The third-order valence-electron chi connectivity index (χ3n) is 3.75. The number of piperidine rings is 1. The molecule has 1 aromatic rings. The Hall–Kier alpha value is -1.06. The van der Waals surface area contributed by atoms with Gasteiger partial charge < -0.3 is 15.5 Å². The molecule has 3 N–H and O–H groups in total. The topological polar surface area (TPSA) is 52.5 Å². The fourth-order valence-electron chi connectivity index (χ4n) is 2.82. The molecule has 1 aliphatic heterocycles. The molecule has 0 spiro atoms. The fraction of sp³-hybridized carbons (Fsp3) is 0.600. The predicted octanol–water partition coefficient (Wildman–Crippen LogP) is 2.74. The molecule has 1 saturated heterocycles. The summed E-state index contributed by atoms with van der Waals surface area (Å²) in [4.78, 5) is 0. The zero-order valence-electron chi connectivity index (χ0n) is 11.0. The Morgan fingerprint density at radius 3 is 2.94 bits per heavy atom. The first-order valence-corrected chi connectivity index (χ1v) is 6.93. The number of phenolic OH excluding ortho intramolecular Hbond substituents is 1. The molecule has 0 bridgehead atoms. The molecule has 3 atom stereocenters. The van der Waals surface area contributed by atoms with E-state index in [9.17, 15) is 10.2 Å². The zero-order chi connectivity index (χ0) is 13.0. The lowest BCUT2D eigenvalue weighted by molar-refractivity contribution is 0.0996. The first-order chi connectivity index (χ1) is 8.70. The Morgan fingerprint density at radius 1 is 1.39 bits per heavy atom. The molecule has 3 nitrogen and oxygen atoms in total. The first-order valence-electron chi connectivity index (χ1n) is 6.93. The highest BCUT2D eigenvalue weighted by molar-refractivity contribution is 5.29. The quantitative estimate of drug-likeness (QED) is 0.769. The van der Waals surface area contributed by atoms with Crippen molar-refractivity contribution in [2.75, 3.05) is 0 Å². The minimum Gasteiger partial charge on any atom is -0.508 e. The van der Waals surface area contributed by atoms with Crippen LogP contribution in [-0.4, -0.2) is 22.3 Å². The standard InChI is InChI=1S/C15H23NO2/c1-2-5-12-7-4-9-14(16-12)15(18)11-6-3-8-13(17)10-11/h3,6,8,10,12,14-18H,2,4-5,7,9H2,1H3/t12-,14+,15+/m0/s1. The highest BCUT2D eigenvalue weighted by atomic mass is 16.3. The van der Waals surface area contributed by atoms with Crippen LogP contribution >= 0.6 is 0 Å². The molecular weight excluding hydrogens is 226 g/mol. The summed E-state index contributed by atoms with van der Waals surface area (Å²) in [5.41, 5.74) is 0.796. The Kier molecular flexibility index (Phi) is 4.61. The van der Waals surface area contributed by atoms with Crippen molar-refractivity contribution in [3.05, 3.63) is 29.8 Å². The van der Waals surface area contributed by atoms with E-state index in [-0.39, 0.29) is 11.8 Å². The molecule has 1 fully saturated rings. The van der Waals surface area contributed by atoms with E-state index in [0.29, 0.717) is 6.04 Å². The van der Waals surface area contributed by atoms with E-state index >= 15 is 0 Å². The summed E-state index contributed by atoms with van der Waals surface area (Å²) in [5, 5.41) is 23.4. The van der Waals surface area contributed by atoms with Crippen LogP contribution in [0.3, 0.4) is 0 Å². The molecular formula is C15H23NO2. The second kappa shape index (κ2) is 6.21. The molecule has 18 heavy (non-hydrogen) atoms. The van der Waals surface area contributed by atoms with Crippen LogP contribution in [0.15, 0.2) is 24.3 Å². The van der Waals surface area contributed by atoms with Gasteiger partial charge in [-0.3, -0.25) is 0 Å². The van der Waals surface area contributed by atoms with Gasteiger partial charge in [0.25, 0.3) is 0 Å². The summed E-state index contributed by atoms with van der Waals surface area (Å²) in [6.07, 6.45) is 5.18. The van der Waals surface area contributed by atoms with Crippen molar-refractivity contribution in [3.63, 3.8) is 0 Å². The third kappa shape index (κ3) is 3.24. The van der Waals surface area contributed by atoms with E-state index in [4.69, 9.17) is 0 Å². The summed E-state index contributed by atoms with van der Waals surface area (Å²) in [6.45, 7) is 2.19. The molecule has 0 saturated carbocycles. The van der Waals surface area contributed by atoms with Gasteiger partial charge in [0.1, 0.15) is 5.75 Å². The number of aliphatic hydroxyl groups excluding tert-OH is 1. The van der Waals surface area contributed by atoms with Crippen molar-refractivity contribution < 1.29 is 10.2 Å². The van der Waals surface area contributed by atoms with E-state index in [2.05, 4.69) is 12.2 Å². The molecule has 0 aliphatic carbocycles. The molecule has 3 heteroatoms. The Bertz CT molecular complexity index is 379. The molecule has 1 aliphatic rings. The minimum absolute atomic E-state index is 0.108. The summed E-state index contributed by atoms with van der Waals surface area (Å²) in [5.74, 6) is 0.215. The normalized spacial score (nSPS) is 25.9. The Morgan fingerprint density at radius 2 is 2.22 bits per heavy atom. The highest BCUT2D eigenvalue weighted by Crippen LogP contribution is 2.27. The maximum atomic E-state index is 10.4. The van der Waals surface area contributed by atoms with Gasteiger partial charge in [0.2, 0.25) is 0 Å². The van der Waals surface area contributed by atoms with Crippen LogP contribution in [0.1, 0.15) is 50.7 Å². The minimum atomic E-state index is -0.531. The second-order valence-electron chi connectivity index (χ2n) is 5.23. The van der Waals surface area contributed by atoms with Crippen LogP contribution in [0.5, 0.6) is 5.75 Å². The van der Waals surface area contributed by atoms with Gasteiger partial charge in [-0.15, -0.1) is 0 Å². The molecule has 0 radical (unpaired) electrons. The van der Waals surface area contributed by atoms with Gasteiger partial charge in [0.05, 0.1) is 6.10 Å². The van der Waals surface area contributed by atoms with Crippen LogP contribution in [0.4, 0.5) is 0 Å². The predicted molar refractivity (Wildman–Crippen MR) is 72.5 cm³/mol. The van der Waals surface area contributed by atoms with E-state index < -0.39 is 6.10 Å². The number of hydrogen-bond acceptors (Lipinski definition) is 3. The molecule has 0 aromatic heterocycles. The molecule has 1 aromatic carbocycles. The van der Waals surface area contributed by atoms with Crippen molar-refractivity contribution in [3.8, 4) is 5.75 Å². The number of aromatic hydroxyl groups is 1. The van der Waals surface area contributed by atoms with Crippen molar-refractivity contribution in [2.45, 2.75) is 57.2 Å². The highest BCUT2D eigenvalue weighted by Gasteiger charge is 2.27. The van der Waals surface area contributed by atoms with Crippen LogP contribution in [0.2, 0.25) is 0 Å². The van der Waals surface area contributed by atoms with Gasteiger partial charge in [-0.25, -0.2) is 0 Å². The largest absolute Gasteiger partial charge is 0.508 e. The molecule has 2 rings (SSSR count). The maximum Gasteiger partial charge on any atom is 0.115 e. The molecule has 1 heterocycles. The zero-order valence-corrected chi connectivity index (χ0v) is 11.0. The van der Waals surface area contributed by atoms with Crippen LogP contribution in [-0.2, 0) is 0 Å². The van der Waals surface area contributed by atoms with Gasteiger partial charge in [0.15, 0.2) is 0 Å². The van der Waals surface area contributed by atoms with Gasteiger partial charge in [-0.2, -0.15) is 0 Å². The third-order valence-corrected chi connectivity index (χ3v) is 3.75. The van der Waals surface area contributed by atoms with Crippen LogP contribution in [0.25, 0.3) is 0 Å². The summed E-state index contributed by atoms with van der Waals surface area (Å²) in [6, 6.07) is 7.56. The van der Waals surface area contributed by atoms with Crippen LogP contribution in [0, 0.1) is 0 Å². The summed E-state index contributed by atoms with van der Waals surface area (Å²) in [7, 11) is 0. The van der Waals surface area contributed by atoms with Crippen molar-refractivity contribution in [1.29, 1.82) is 0 Å². The number of benzene rings is 1. The van der Waals surface area contributed by atoms with E-state index in [0.717, 1.165) is 18.4 Å². The van der Waals surface area contributed by atoms with E-state index in [1.54, 1.807) is 18.2 Å². The Labute approximate surface area is 109 Å². The average molecular weight is 249 g/mol. The Balaban J connectivity index is 2.02. The second-order valence-corrected chi connectivity index (χ2v) is 5.23. The summed E-state index contributed by atoms with van der Waals surface area (Å²) >= 11 is 0. The summed E-state index contributed by atoms with van der Waals surface area (Å²) < 4.78 is 0. The number of phenols is 1. The monoisotopic (exact) mass is 249 g/mol. The number of nitrogens with one attached hydrogen (secondary N) is 1. The van der Waals surface area contributed by atoms with Crippen molar-refractivity contribution in [2.24, 2.45) is 0 Å². The van der Waals surface area contributed by atoms with E-state index in [1.165, 1.54) is 19.3 Å². The SMILES string of the molecule is CCC[C@H]1CCC[C@H]([C@H](O)c2cccc(O)c2)N1. The molecule has 0 amide bonds. The van der Waals surface area contributed by atoms with Gasteiger partial charge in [0, 0.05) is 12.1 Å². The molecule has 0 unspecified atom stereocenters. The maximum absolute atomic E-state index is 10.4. The fourth-order valence-corrected chi connectivity index (χ4v) is 2.82. The smallest absolute Gasteiger partial charge is 0.115 e. The van der Waals surface area contributed by atoms with Gasteiger partial charge in [-0.1, -0.05) is 31.9 Å². The van der Waals surface area contributed by atoms with Crippen molar-refractivity contribution in [1.82, 2.24) is 5.32 Å². The lowest BCUT2D eigenvalue weighted by atomic mass is 9.90. The number of aliphatic hydroxyl groups is 1. The first kappa shape index (κ1) is 13.4. The molecule has 100 valence electrons. The average Bonchev–Trinajstić information content (AvgIpc) is 2.39. The number of rotatable bonds is 4. The van der Waals surface area contributed by atoms with Crippen LogP contribution < -0.4 is 5.32 Å². The lowest BCUT2D eigenvalue weighted by Crippen LogP contribution is -2.45. The van der Waals surface area contributed by atoms with Gasteiger partial charge >= 0.3 is 0 Å².